The van der Waals surface area contributed by atoms with E-state index in [9.17, 15) is 27.2 Å². The van der Waals surface area contributed by atoms with Crippen molar-refractivity contribution < 1.29 is 31.9 Å². The molecule has 1 amide bonds. The number of imidazole rings is 1. The van der Waals surface area contributed by atoms with Crippen LogP contribution in [0, 0.1) is 5.82 Å². The van der Waals surface area contributed by atoms with Crippen LogP contribution in [0.15, 0.2) is 67.1 Å². The lowest BCUT2D eigenvalue weighted by Crippen LogP contribution is -2.18. The predicted octanol–water partition coefficient (Wildman–Crippen LogP) is 5.32. The zero-order valence-electron chi connectivity index (χ0n) is 19.8. The molecule has 0 aliphatic carbocycles. The summed E-state index contributed by atoms with van der Waals surface area (Å²) in [5.74, 6) is -1.71. The van der Waals surface area contributed by atoms with Gasteiger partial charge >= 0.3 is 12.1 Å². The van der Waals surface area contributed by atoms with Gasteiger partial charge in [-0.05, 0) is 42.8 Å². The highest BCUT2D eigenvalue weighted by molar-refractivity contribution is 6.06. The lowest BCUT2D eigenvalue weighted by atomic mass is 10.2. The van der Waals surface area contributed by atoms with Crippen molar-refractivity contribution in [2.75, 3.05) is 11.9 Å². The van der Waals surface area contributed by atoms with Gasteiger partial charge in [-0.2, -0.15) is 13.2 Å². The topological polar surface area (TPSA) is 90.5 Å². The second kappa shape index (κ2) is 9.61. The van der Waals surface area contributed by atoms with Crippen molar-refractivity contribution in [3.05, 3.63) is 95.5 Å². The van der Waals surface area contributed by atoms with Gasteiger partial charge in [0.15, 0.2) is 5.69 Å². The lowest BCUT2D eigenvalue weighted by molar-refractivity contribution is -0.137. The van der Waals surface area contributed by atoms with Crippen LogP contribution in [0.1, 0.15) is 39.0 Å². The number of anilines is 1. The Morgan fingerprint density at radius 1 is 1.11 bits per heavy atom. The van der Waals surface area contributed by atoms with Crippen LogP contribution in [0.25, 0.3) is 16.7 Å². The number of ether oxygens (including phenoxy) is 1. The normalized spacial score (nSPS) is 11.7. The number of halogens is 4. The predicted molar refractivity (Wildman–Crippen MR) is 129 cm³/mol. The molecular weight excluding hydrogens is 506 g/mol. The number of hydrogen-bond donors (Lipinski definition) is 1. The zero-order valence-corrected chi connectivity index (χ0v) is 19.8. The van der Waals surface area contributed by atoms with Gasteiger partial charge < -0.3 is 19.0 Å². The number of nitrogens with zero attached hydrogens (tertiary/aromatic N) is 4. The Balaban J connectivity index is 1.51. The Morgan fingerprint density at radius 3 is 2.66 bits per heavy atom. The van der Waals surface area contributed by atoms with Gasteiger partial charge in [0.2, 0.25) is 0 Å². The molecule has 0 fully saturated rings. The van der Waals surface area contributed by atoms with E-state index >= 15 is 0 Å². The van der Waals surface area contributed by atoms with E-state index in [4.69, 9.17) is 4.74 Å². The minimum absolute atomic E-state index is 0.00935. The van der Waals surface area contributed by atoms with Gasteiger partial charge in [0.25, 0.3) is 5.91 Å². The van der Waals surface area contributed by atoms with E-state index in [1.807, 2.05) is 0 Å². The first kappa shape index (κ1) is 24.9. The van der Waals surface area contributed by atoms with Crippen LogP contribution in [0.3, 0.4) is 0 Å². The summed E-state index contributed by atoms with van der Waals surface area (Å²) in [5, 5.41) is 2.81. The molecule has 38 heavy (non-hydrogen) atoms. The van der Waals surface area contributed by atoms with E-state index in [0.29, 0.717) is 23.1 Å². The second-order valence-electron chi connectivity index (χ2n) is 8.36. The van der Waals surface area contributed by atoms with E-state index in [2.05, 4.69) is 15.3 Å². The fourth-order valence-electron chi connectivity index (χ4n) is 4.02. The number of alkyl halides is 3. The fourth-order valence-corrected chi connectivity index (χ4v) is 4.02. The first-order valence-corrected chi connectivity index (χ1v) is 11.4. The molecule has 1 aromatic carbocycles. The third-order valence-electron chi connectivity index (χ3n) is 5.73. The maximum Gasteiger partial charge on any atom is 0.417 e. The molecule has 0 unspecified atom stereocenters. The average Bonchev–Trinajstić information content (AvgIpc) is 3.45. The van der Waals surface area contributed by atoms with Crippen LogP contribution in [-0.2, 0) is 17.5 Å². The summed E-state index contributed by atoms with van der Waals surface area (Å²) in [6.45, 7) is 1.86. The molecule has 5 aromatic rings. The summed E-state index contributed by atoms with van der Waals surface area (Å²) in [5.41, 5.74) is 0.474. The monoisotopic (exact) mass is 525 g/mol. The van der Waals surface area contributed by atoms with Crippen molar-refractivity contribution in [3.63, 3.8) is 0 Å². The standard InChI is InChI=1S/C26H19F4N5O3/c1-2-38-25(37)20-14-34-7-6-19(11-22(34)33-20)32-24(36)21-10-16-9-17(26(28,29)30)12-31-23(16)35(21)13-15-4-3-5-18(27)8-15/h3-12,14H,2,13H2,1H3,(H,32,36). The quantitative estimate of drug-likeness (QED) is 0.239. The lowest BCUT2D eigenvalue weighted by Gasteiger charge is -2.12. The molecule has 0 bridgehead atoms. The van der Waals surface area contributed by atoms with Crippen LogP contribution < -0.4 is 5.32 Å². The van der Waals surface area contributed by atoms with Crippen LogP contribution >= 0.6 is 0 Å². The highest BCUT2D eigenvalue weighted by Crippen LogP contribution is 2.32. The molecule has 0 saturated carbocycles. The van der Waals surface area contributed by atoms with Gasteiger partial charge in [-0.15, -0.1) is 0 Å². The maximum atomic E-state index is 13.8. The van der Waals surface area contributed by atoms with Gasteiger partial charge in [0, 0.05) is 42.3 Å². The number of nitrogens with one attached hydrogen (secondary N) is 1. The van der Waals surface area contributed by atoms with Crippen molar-refractivity contribution in [1.29, 1.82) is 0 Å². The Morgan fingerprint density at radius 2 is 1.92 bits per heavy atom. The number of fused-ring (bicyclic) bond motifs is 2. The van der Waals surface area contributed by atoms with E-state index in [1.54, 1.807) is 29.7 Å². The summed E-state index contributed by atoms with van der Waals surface area (Å²) in [6.07, 6.45) is -0.852. The number of aromatic nitrogens is 4. The molecule has 4 aromatic heterocycles. The molecule has 0 aliphatic rings. The largest absolute Gasteiger partial charge is 0.461 e. The molecule has 12 heteroatoms. The Labute approximate surface area is 212 Å². The smallest absolute Gasteiger partial charge is 0.417 e. The maximum absolute atomic E-state index is 13.8. The number of pyridine rings is 2. The number of hydrogen-bond acceptors (Lipinski definition) is 5. The van der Waals surface area contributed by atoms with Gasteiger partial charge in [0.1, 0.15) is 22.8 Å². The third kappa shape index (κ3) is 4.92. The van der Waals surface area contributed by atoms with Crippen LogP contribution in [-0.4, -0.2) is 37.4 Å². The van der Waals surface area contributed by atoms with Crippen LogP contribution in [0.2, 0.25) is 0 Å². The minimum Gasteiger partial charge on any atom is -0.461 e. The van der Waals surface area contributed by atoms with Gasteiger partial charge in [-0.3, -0.25) is 4.79 Å². The van der Waals surface area contributed by atoms with Gasteiger partial charge in [-0.1, -0.05) is 12.1 Å². The summed E-state index contributed by atoms with van der Waals surface area (Å²) >= 11 is 0. The summed E-state index contributed by atoms with van der Waals surface area (Å²) < 4.78 is 61.6. The first-order valence-electron chi connectivity index (χ1n) is 11.4. The fraction of sp³-hybridized carbons (Fsp3) is 0.154. The highest BCUT2D eigenvalue weighted by atomic mass is 19.4. The first-order chi connectivity index (χ1) is 18.1. The molecule has 0 spiro atoms. The summed E-state index contributed by atoms with van der Waals surface area (Å²) in [7, 11) is 0. The van der Waals surface area contributed by atoms with Crippen molar-refractivity contribution in [3.8, 4) is 0 Å². The van der Waals surface area contributed by atoms with Crippen molar-refractivity contribution in [2.45, 2.75) is 19.6 Å². The van der Waals surface area contributed by atoms with Crippen molar-refractivity contribution >= 4 is 34.2 Å². The zero-order chi connectivity index (χ0) is 27.0. The van der Waals surface area contributed by atoms with E-state index in [0.717, 1.165) is 6.07 Å². The molecular formula is C26H19F4N5O3. The van der Waals surface area contributed by atoms with Crippen molar-refractivity contribution in [2.24, 2.45) is 0 Å². The number of benzene rings is 1. The Hall–Kier alpha value is -4.74. The van der Waals surface area contributed by atoms with Crippen molar-refractivity contribution in [1.82, 2.24) is 18.9 Å². The number of amides is 1. The molecule has 194 valence electrons. The Bertz CT molecular complexity index is 1690. The third-order valence-corrected chi connectivity index (χ3v) is 5.73. The molecule has 4 heterocycles. The number of esters is 1. The number of rotatable bonds is 6. The van der Waals surface area contributed by atoms with E-state index in [1.165, 1.54) is 41.1 Å². The molecule has 0 atom stereocenters. The summed E-state index contributed by atoms with van der Waals surface area (Å²) in [4.78, 5) is 33.5. The second-order valence-corrected chi connectivity index (χ2v) is 8.36. The molecule has 0 aliphatic heterocycles. The van der Waals surface area contributed by atoms with Crippen LogP contribution in [0.4, 0.5) is 23.2 Å². The van der Waals surface area contributed by atoms with Crippen LogP contribution in [0.5, 0.6) is 0 Å². The molecule has 0 radical (unpaired) electrons. The Kier molecular flexibility index (Phi) is 6.31. The molecule has 0 saturated heterocycles. The van der Waals surface area contributed by atoms with Gasteiger partial charge in [-0.25, -0.2) is 19.2 Å². The van der Waals surface area contributed by atoms with Gasteiger partial charge in [0.05, 0.1) is 12.2 Å². The number of carbonyl (C=O) groups is 2. The molecule has 5 rings (SSSR count). The molecule has 8 nitrogen and oxygen atoms in total. The molecule has 1 N–H and O–H groups in total. The number of carbonyl (C=O) groups excluding carboxylic acids is 2. The SMILES string of the molecule is CCOC(=O)c1cn2ccc(NC(=O)c3cc4cc(C(F)(F)F)cnc4n3Cc3cccc(F)c3)cc2n1. The average molecular weight is 525 g/mol. The summed E-state index contributed by atoms with van der Waals surface area (Å²) in [6, 6.07) is 11.0. The van der Waals surface area contributed by atoms with E-state index in [-0.39, 0.29) is 35.6 Å². The van der Waals surface area contributed by atoms with E-state index < -0.39 is 29.4 Å². The minimum atomic E-state index is -4.61. The highest BCUT2D eigenvalue weighted by Gasteiger charge is 2.32.